The first-order chi connectivity index (χ1) is 16.9. The van der Waals surface area contributed by atoms with E-state index in [0.29, 0.717) is 33.8 Å². The molecule has 0 aliphatic rings. The van der Waals surface area contributed by atoms with Gasteiger partial charge in [-0.2, -0.15) is 4.72 Å². The van der Waals surface area contributed by atoms with E-state index in [2.05, 4.69) is 29.9 Å². The first-order valence-corrected chi connectivity index (χ1v) is 12.7. The van der Waals surface area contributed by atoms with Gasteiger partial charge in [0.25, 0.3) is 5.95 Å². The third-order valence-corrected chi connectivity index (χ3v) is 6.95. The standard InChI is InChI=1S/C22H25N7O4S2/c1-13-9-23-19(24-10-13)17(33-5)12-35(30)28-22-27-26-20(21-25-14(2)11-34-21)29(22)18-15(31-3)7-6-8-16(18)32-4/h6-11,17H,12H2,1-5H3,(H,27,28). The Balaban J connectivity index is 1.72. The lowest BCUT2D eigenvalue weighted by Gasteiger charge is -2.19. The third kappa shape index (κ3) is 5.37. The predicted molar refractivity (Wildman–Crippen MR) is 133 cm³/mol. The van der Waals surface area contributed by atoms with Crippen molar-refractivity contribution in [3.05, 3.63) is 53.1 Å². The van der Waals surface area contributed by atoms with Crippen molar-refractivity contribution < 1.29 is 18.8 Å². The van der Waals surface area contributed by atoms with E-state index >= 15 is 0 Å². The molecule has 11 nitrogen and oxygen atoms in total. The van der Waals surface area contributed by atoms with E-state index in [-0.39, 0.29) is 11.7 Å². The van der Waals surface area contributed by atoms with E-state index in [4.69, 9.17) is 14.2 Å². The summed E-state index contributed by atoms with van der Waals surface area (Å²) in [5.74, 6) is 2.26. The Morgan fingerprint density at radius 2 is 1.77 bits per heavy atom. The lowest BCUT2D eigenvalue weighted by molar-refractivity contribution is 0.114. The van der Waals surface area contributed by atoms with Crippen molar-refractivity contribution >= 4 is 28.6 Å². The van der Waals surface area contributed by atoms with Crippen LogP contribution in [-0.4, -0.2) is 61.4 Å². The number of hydrogen-bond acceptors (Lipinski definition) is 11. The first-order valence-electron chi connectivity index (χ1n) is 10.5. The lowest BCUT2D eigenvalue weighted by Crippen LogP contribution is -2.25. The molecule has 2 atom stereocenters. The molecular weight excluding hydrogens is 490 g/mol. The van der Waals surface area contributed by atoms with E-state index in [1.54, 1.807) is 43.3 Å². The van der Waals surface area contributed by atoms with Crippen molar-refractivity contribution in [2.24, 2.45) is 0 Å². The smallest absolute Gasteiger partial charge is 0.271 e. The van der Waals surface area contributed by atoms with Gasteiger partial charge in [-0.05, 0) is 31.5 Å². The quantitative estimate of drug-likeness (QED) is 0.314. The minimum absolute atomic E-state index is 0.0845. The van der Waals surface area contributed by atoms with E-state index in [9.17, 15) is 4.55 Å². The van der Waals surface area contributed by atoms with Crippen LogP contribution in [0.3, 0.4) is 0 Å². The second-order valence-electron chi connectivity index (χ2n) is 7.45. The zero-order valence-corrected chi connectivity index (χ0v) is 21.5. The van der Waals surface area contributed by atoms with Crippen LogP contribution in [0.15, 0.2) is 36.0 Å². The fraction of sp³-hybridized carbons (Fsp3) is 0.318. The molecule has 35 heavy (non-hydrogen) atoms. The zero-order valence-electron chi connectivity index (χ0n) is 19.9. The number of thiazole rings is 1. The van der Waals surface area contributed by atoms with Crippen molar-refractivity contribution in [2.75, 3.05) is 31.8 Å². The van der Waals surface area contributed by atoms with Gasteiger partial charge in [-0.15, -0.1) is 21.5 Å². The Kier molecular flexibility index (Phi) is 7.80. The second kappa shape index (κ2) is 11.0. The number of para-hydroxylation sites is 1. The fourth-order valence-corrected chi connectivity index (χ4v) is 5.06. The summed E-state index contributed by atoms with van der Waals surface area (Å²) in [5, 5.41) is 11.2. The summed E-state index contributed by atoms with van der Waals surface area (Å²) in [7, 11) is 4.65. The van der Waals surface area contributed by atoms with Crippen LogP contribution in [0.2, 0.25) is 0 Å². The summed E-state index contributed by atoms with van der Waals surface area (Å²) in [6.07, 6.45) is 2.80. The van der Waals surface area contributed by atoms with Gasteiger partial charge in [0, 0.05) is 30.6 Å². The summed E-state index contributed by atoms with van der Waals surface area (Å²) >= 11 is -0.196. The third-order valence-electron chi connectivity index (χ3n) is 4.98. The number of nitrogens with zero attached hydrogens (tertiary/aromatic N) is 6. The number of hydrogen-bond donors (Lipinski definition) is 1. The molecule has 3 heterocycles. The number of ether oxygens (including phenoxy) is 3. The highest BCUT2D eigenvalue weighted by Crippen LogP contribution is 2.38. The molecule has 3 aromatic heterocycles. The van der Waals surface area contributed by atoms with Crippen molar-refractivity contribution in [1.29, 1.82) is 0 Å². The number of methoxy groups -OCH3 is 3. The van der Waals surface area contributed by atoms with E-state index in [0.717, 1.165) is 11.3 Å². The molecule has 0 aliphatic heterocycles. The van der Waals surface area contributed by atoms with Crippen molar-refractivity contribution in [1.82, 2.24) is 29.7 Å². The number of rotatable bonds is 10. The van der Waals surface area contributed by atoms with E-state index < -0.39 is 17.5 Å². The number of aromatic nitrogens is 6. The van der Waals surface area contributed by atoms with Gasteiger partial charge in [-0.25, -0.2) is 19.5 Å². The summed E-state index contributed by atoms with van der Waals surface area (Å²) < 4.78 is 34.5. The normalized spacial score (nSPS) is 12.9. The van der Waals surface area contributed by atoms with Crippen LogP contribution in [0.1, 0.15) is 23.2 Å². The van der Waals surface area contributed by atoms with Crippen molar-refractivity contribution in [3.63, 3.8) is 0 Å². The number of benzene rings is 1. The average Bonchev–Trinajstić information content (AvgIpc) is 3.48. The molecule has 0 bridgehead atoms. The fourth-order valence-electron chi connectivity index (χ4n) is 3.31. The van der Waals surface area contributed by atoms with E-state index in [1.807, 2.05) is 25.3 Å². The maximum Gasteiger partial charge on any atom is 0.271 e. The number of nitrogens with one attached hydrogen (secondary N) is 1. The van der Waals surface area contributed by atoms with Gasteiger partial charge in [-0.1, -0.05) is 6.07 Å². The Morgan fingerprint density at radius 1 is 1.09 bits per heavy atom. The highest BCUT2D eigenvalue weighted by molar-refractivity contribution is 7.92. The van der Waals surface area contributed by atoms with Gasteiger partial charge in [0.2, 0.25) is 0 Å². The van der Waals surface area contributed by atoms with Gasteiger partial charge >= 0.3 is 0 Å². The maximum absolute atomic E-state index is 13.2. The monoisotopic (exact) mass is 515 g/mol. The summed E-state index contributed by atoms with van der Waals surface area (Å²) in [6, 6.07) is 5.41. The summed E-state index contributed by atoms with van der Waals surface area (Å²) in [6.45, 7) is 3.79. The molecule has 0 aliphatic carbocycles. The SMILES string of the molecule is COc1cccc(OC)c1-n1c(N[S+]([O-])CC(OC)c2ncc(C)cn2)nnc1-c1nc(C)cs1. The van der Waals surface area contributed by atoms with Crippen LogP contribution in [0.5, 0.6) is 11.5 Å². The molecule has 13 heteroatoms. The summed E-state index contributed by atoms with van der Waals surface area (Å²) in [4.78, 5) is 13.1. The zero-order chi connectivity index (χ0) is 24.9. The Hall–Kier alpha value is -3.26. The second-order valence-corrected chi connectivity index (χ2v) is 9.53. The topological polar surface area (TPSA) is 132 Å². The predicted octanol–water partition coefficient (Wildman–Crippen LogP) is 3.28. The minimum Gasteiger partial charge on any atom is -0.593 e. The van der Waals surface area contributed by atoms with Crippen LogP contribution in [0, 0.1) is 13.8 Å². The molecule has 2 unspecified atom stereocenters. The molecule has 1 N–H and O–H groups in total. The highest BCUT2D eigenvalue weighted by Gasteiger charge is 2.28. The van der Waals surface area contributed by atoms with Crippen LogP contribution in [0.25, 0.3) is 16.5 Å². The molecule has 0 fully saturated rings. The lowest BCUT2D eigenvalue weighted by atomic mass is 10.2. The average molecular weight is 516 g/mol. The number of aryl methyl sites for hydroxylation is 2. The molecule has 4 rings (SSSR count). The van der Waals surface area contributed by atoms with Gasteiger partial charge in [0.1, 0.15) is 17.2 Å². The molecule has 4 aromatic rings. The molecule has 184 valence electrons. The van der Waals surface area contributed by atoms with Gasteiger partial charge in [0.15, 0.2) is 28.5 Å². The van der Waals surface area contributed by atoms with E-state index in [1.165, 1.54) is 18.4 Å². The number of anilines is 1. The Morgan fingerprint density at radius 3 is 2.34 bits per heavy atom. The molecule has 0 amide bonds. The molecule has 0 radical (unpaired) electrons. The van der Waals surface area contributed by atoms with Crippen LogP contribution >= 0.6 is 11.3 Å². The van der Waals surface area contributed by atoms with Gasteiger partial charge in [0.05, 0.1) is 25.6 Å². The summed E-state index contributed by atoms with van der Waals surface area (Å²) in [5.41, 5.74) is 2.33. The van der Waals surface area contributed by atoms with Gasteiger partial charge in [-0.3, -0.25) is 0 Å². The molecule has 1 aromatic carbocycles. The Labute approximate surface area is 209 Å². The highest BCUT2D eigenvalue weighted by atomic mass is 32.2. The first kappa shape index (κ1) is 24.9. The maximum atomic E-state index is 13.2. The van der Waals surface area contributed by atoms with Crippen LogP contribution < -0.4 is 14.2 Å². The molecule has 0 saturated heterocycles. The molecular formula is C22H25N7O4S2. The van der Waals surface area contributed by atoms with Crippen LogP contribution in [0.4, 0.5) is 5.95 Å². The molecule has 0 saturated carbocycles. The van der Waals surface area contributed by atoms with Crippen molar-refractivity contribution in [3.8, 4) is 28.0 Å². The minimum atomic E-state index is -1.62. The Bertz CT molecular complexity index is 1260. The van der Waals surface area contributed by atoms with Crippen LogP contribution in [-0.2, 0) is 16.1 Å². The van der Waals surface area contributed by atoms with Gasteiger partial charge < -0.3 is 18.8 Å². The largest absolute Gasteiger partial charge is 0.593 e. The molecule has 0 spiro atoms. The van der Waals surface area contributed by atoms with Crippen molar-refractivity contribution in [2.45, 2.75) is 20.0 Å².